The Balaban J connectivity index is 1.38. The molecule has 4 aromatic rings. The Kier molecular flexibility index (Phi) is 5.95. The fourth-order valence-corrected chi connectivity index (χ4v) is 7.11. The second-order valence-corrected chi connectivity index (χ2v) is 12.5. The van der Waals surface area contributed by atoms with Gasteiger partial charge in [-0.05, 0) is 42.9 Å². The van der Waals surface area contributed by atoms with Gasteiger partial charge in [0.15, 0.2) is 5.82 Å². The Labute approximate surface area is 208 Å². The van der Waals surface area contributed by atoms with Gasteiger partial charge in [0, 0.05) is 36.8 Å². The van der Waals surface area contributed by atoms with Crippen LogP contribution in [0.15, 0.2) is 29.8 Å². The number of nitrogens with one attached hydrogen (secondary N) is 1. The molecule has 0 radical (unpaired) electrons. The molecule has 6 rings (SSSR count). The zero-order valence-corrected chi connectivity index (χ0v) is 21.2. The van der Waals surface area contributed by atoms with Crippen molar-refractivity contribution in [3.05, 3.63) is 35.3 Å². The SMILES string of the molecule is CS(=O)(=O)C1CCN(Cc2csc3nc(-c4cccc5[nH]ncc45)nc(N4CCOCC4)c23)CC1. The van der Waals surface area contributed by atoms with Crippen molar-refractivity contribution >= 4 is 48.1 Å². The quantitative estimate of drug-likeness (QED) is 0.435. The Morgan fingerprint density at radius 2 is 1.94 bits per heavy atom. The number of ether oxygens (including phenoxy) is 1. The number of fused-ring (bicyclic) bond motifs is 2. The highest BCUT2D eigenvalue weighted by molar-refractivity contribution is 7.91. The summed E-state index contributed by atoms with van der Waals surface area (Å²) in [5.74, 6) is 1.66. The van der Waals surface area contributed by atoms with Gasteiger partial charge in [-0.25, -0.2) is 18.4 Å². The zero-order valence-electron chi connectivity index (χ0n) is 19.6. The standard InChI is InChI=1S/C24H28N6O3S2/c1-35(31,32)17-5-7-29(8-6-17)14-16-15-34-24-21(16)23(30-9-11-33-12-10-30)26-22(27-24)18-3-2-4-20-19(18)13-25-28-20/h2-4,13,15,17H,5-12,14H2,1H3,(H,25,28). The minimum Gasteiger partial charge on any atom is -0.378 e. The van der Waals surface area contributed by atoms with E-state index in [2.05, 4.69) is 25.4 Å². The van der Waals surface area contributed by atoms with Crippen molar-refractivity contribution in [3.8, 4) is 11.4 Å². The second-order valence-electron chi connectivity index (χ2n) is 9.35. The number of aromatic amines is 1. The molecule has 5 heterocycles. The fraction of sp³-hybridized carbons (Fsp3) is 0.458. The molecule has 0 saturated carbocycles. The first-order valence-electron chi connectivity index (χ1n) is 11.9. The molecule has 2 aliphatic heterocycles. The van der Waals surface area contributed by atoms with E-state index in [0.717, 1.165) is 65.2 Å². The number of morpholine rings is 1. The third kappa shape index (κ3) is 4.42. The molecule has 2 aliphatic rings. The number of nitrogens with zero attached hydrogens (tertiary/aromatic N) is 5. The number of likely N-dealkylation sites (tertiary alicyclic amines) is 1. The highest BCUT2D eigenvalue weighted by Crippen LogP contribution is 2.37. The van der Waals surface area contributed by atoms with E-state index in [1.807, 2.05) is 24.4 Å². The van der Waals surface area contributed by atoms with Gasteiger partial charge in [0.25, 0.3) is 0 Å². The van der Waals surface area contributed by atoms with Gasteiger partial charge in [-0.3, -0.25) is 10.00 Å². The van der Waals surface area contributed by atoms with E-state index >= 15 is 0 Å². The van der Waals surface area contributed by atoms with E-state index in [1.165, 1.54) is 11.8 Å². The highest BCUT2D eigenvalue weighted by Gasteiger charge is 2.28. The van der Waals surface area contributed by atoms with Gasteiger partial charge in [0.05, 0.1) is 35.6 Å². The number of sulfone groups is 1. The summed E-state index contributed by atoms with van der Waals surface area (Å²) in [5.41, 5.74) is 3.13. The first-order chi connectivity index (χ1) is 17.0. The summed E-state index contributed by atoms with van der Waals surface area (Å²) in [5, 5.41) is 11.3. The summed E-state index contributed by atoms with van der Waals surface area (Å²) in [6.45, 7) is 5.26. The van der Waals surface area contributed by atoms with Crippen LogP contribution in [0.1, 0.15) is 18.4 Å². The van der Waals surface area contributed by atoms with Crippen molar-refractivity contribution in [2.24, 2.45) is 0 Å². The molecule has 0 amide bonds. The maximum Gasteiger partial charge on any atom is 0.163 e. The van der Waals surface area contributed by atoms with Crippen molar-refractivity contribution in [2.75, 3.05) is 50.5 Å². The van der Waals surface area contributed by atoms with E-state index in [0.29, 0.717) is 31.9 Å². The predicted octanol–water partition coefficient (Wildman–Crippen LogP) is 3.08. The van der Waals surface area contributed by atoms with Crippen LogP contribution in [0.2, 0.25) is 0 Å². The molecule has 0 bridgehead atoms. The summed E-state index contributed by atoms with van der Waals surface area (Å²) in [4.78, 5) is 15.7. The van der Waals surface area contributed by atoms with Crippen molar-refractivity contribution in [1.29, 1.82) is 0 Å². The van der Waals surface area contributed by atoms with Gasteiger partial charge in [-0.15, -0.1) is 11.3 Å². The molecule has 1 aromatic carbocycles. The summed E-state index contributed by atoms with van der Waals surface area (Å²) < 4.78 is 29.5. The highest BCUT2D eigenvalue weighted by atomic mass is 32.2. The average molecular weight is 513 g/mol. The molecule has 0 spiro atoms. The molecule has 2 fully saturated rings. The van der Waals surface area contributed by atoms with Crippen molar-refractivity contribution in [3.63, 3.8) is 0 Å². The van der Waals surface area contributed by atoms with Gasteiger partial charge in [0.1, 0.15) is 20.5 Å². The van der Waals surface area contributed by atoms with Crippen LogP contribution in [0, 0.1) is 0 Å². The largest absolute Gasteiger partial charge is 0.378 e. The van der Waals surface area contributed by atoms with Gasteiger partial charge in [-0.2, -0.15) is 5.10 Å². The van der Waals surface area contributed by atoms with E-state index < -0.39 is 9.84 Å². The molecule has 184 valence electrons. The molecular weight excluding hydrogens is 484 g/mol. The third-order valence-corrected chi connectivity index (χ3v) is 9.66. The van der Waals surface area contributed by atoms with Gasteiger partial charge in [-0.1, -0.05) is 12.1 Å². The summed E-state index contributed by atoms with van der Waals surface area (Å²) in [7, 11) is -2.98. The zero-order chi connectivity index (χ0) is 24.0. The molecule has 0 aliphatic carbocycles. The molecule has 1 N–H and O–H groups in total. The Morgan fingerprint density at radius 3 is 2.71 bits per heavy atom. The lowest BCUT2D eigenvalue weighted by Crippen LogP contribution is -2.38. The lowest BCUT2D eigenvalue weighted by atomic mass is 10.1. The smallest absolute Gasteiger partial charge is 0.163 e. The number of hydrogen-bond acceptors (Lipinski definition) is 9. The number of anilines is 1. The molecule has 2 saturated heterocycles. The molecule has 0 unspecified atom stereocenters. The Bertz CT molecular complexity index is 1470. The number of thiophene rings is 1. The molecular formula is C24H28N6O3S2. The topological polar surface area (TPSA) is 104 Å². The van der Waals surface area contributed by atoms with Crippen molar-refractivity contribution in [2.45, 2.75) is 24.6 Å². The third-order valence-electron chi connectivity index (χ3n) is 7.06. The maximum absolute atomic E-state index is 12.0. The molecule has 9 nitrogen and oxygen atoms in total. The Morgan fingerprint density at radius 1 is 1.14 bits per heavy atom. The Hall–Kier alpha value is -2.60. The van der Waals surface area contributed by atoms with Crippen LogP contribution < -0.4 is 4.90 Å². The number of hydrogen-bond donors (Lipinski definition) is 1. The van der Waals surface area contributed by atoms with Crippen LogP contribution in [0.5, 0.6) is 0 Å². The lowest BCUT2D eigenvalue weighted by molar-refractivity contribution is 0.122. The number of H-pyrrole nitrogens is 1. The summed E-state index contributed by atoms with van der Waals surface area (Å²) in [6, 6.07) is 6.05. The number of piperidine rings is 1. The van der Waals surface area contributed by atoms with Crippen LogP contribution in [-0.4, -0.2) is 84.4 Å². The lowest BCUT2D eigenvalue weighted by Gasteiger charge is -2.31. The van der Waals surface area contributed by atoms with Crippen LogP contribution in [0.3, 0.4) is 0 Å². The number of aromatic nitrogens is 4. The minimum absolute atomic E-state index is 0.224. The summed E-state index contributed by atoms with van der Waals surface area (Å²) in [6.07, 6.45) is 4.55. The maximum atomic E-state index is 12.0. The number of rotatable bonds is 5. The van der Waals surface area contributed by atoms with Gasteiger partial charge < -0.3 is 9.64 Å². The van der Waals surface area contributed by atoms with Gasteiger partial charge in [0.2, 0.25) is 0 Å². The molecule has 0 atom stereocenters. The van der Waals surface area contributed by atoms with E-state index in [-0.39, 0.29) is 5.25 Å². The van der Waals surface area contributed by atoms with Crippen LogP contribution >= 0.6 is 11.3 Å². The predicted molar refractivity (Wildman–Crippen MR) is 139 cm³/mol. The van der Waals surface area contributed by atoms with E-state index in [1.54, 1.807) is 11.3 Å². The fourth-order valence-electron chi connectivity index (χ4n) is 5.12. The normalized spacial score (nSPS) is 18.6. The summed E-state index contributed by atoms with van der Waals surface area (Å²) >= 11 is 1.65. The van der Waals surface area contributed by atoms with Crippen molar-refractivity contribution in [1.82, 2.24) is 25.1 Å². The minimum atomic E-state index is -2.98. The van der Waals surface area contributed by atoms with E-state index in [9.17, 15) is 8.42 Å². The molecule has 3 aromatic heterocycles. The first kappa shape index (κ1) is 22.8. The van der Waals surface area contributed by atoms with Crippen LogP contribution in [0.25, 0.3) is 32.5 Å². The van der Waals surface area contributed by atoms with Crippen molar-refractivity contribution < 1.29 is 13.2 Å². The molecule has 35 heavy (non-hydrogen) atoms. The average Bonchev–Trinajstić information content (AvgIpc) is 3.51. The van der Waals surface area contributed by atoms with Crippen LogP contribution in [0.4, 0.5) is 5.82 Å². The second kappa shape index (κ2) is 9.12. The first-order valence-corrected chi connectivity index (χ1v) is 14.8. The molecule has 11 heteroatoms. The van der Waals surface area contributed by atoms with E-state index in [4.69, 9.17) is 14.7 Å². The monoisotopic (exact) mass is 512 g/mol. The van der Waals surface area contributed by atoms with Crippen LogP contribution in [-0.2, 0) is 21.1 Å². The van der Waals surface area contributed by atoms with Gasteiger partial charge >= 0.3 is 0 Å². The number of benzene rings is 1.